The van der Waals surface area contributed by atoms with Crippen molar-refractivity contribution in [1.82, 2.24) is 5.32 Å². The number of hydrogen-bond donors (Lipinski definition) is 2. The molecule has 204 valence electrons. The first-order valence-electron chi connectivity index (χ1n) is 12.9. The first kappa shape index (κ1) is 28.2. The van der Waals surface area contributed by atoms with Crippen LogP contribution in [-0.2, 0) is 43.2 Å². The molecular formula is C30H34BNO7. The van der Waals surface area contributed by atoms with Gasteiger partial charge in [0, 0.05) is 11.9 Å². The van der Waals surface area contributed by atoms with Gasteiger partial charge in [-0.25, -0.2) is 9.59 Å². The maximum absolute atomic E-state index is 13.1. The van der Waals surface area contributed by atoms with Crippen molar-refractivity contribution >= 4 is 24.6 Å². The fraction of sp³-hybridized carbons (Fsp3) is 0.333. The SMILES string of the molecule is CC1(C)OB(c2cc(C[C@H](NC(=O)OCc3ccccc3)C(=O)OCc3ccccc3)ccc2O)OC1(C)C. The van der Waals surface area contributed by atoms with Crippen LogP contribution in [0.1, 0.15) is 44.4 Å². The molecule has 0 radical (unpaired) electrons. The van der Waals surface area contributed by atoms with Crippen molar-refractivity contribution in [3.63, 3.8) is 0 Å². The Kier molecular flexibility index (Phi) is 8.62. The highest BCUT2D eigenvalue weighted by Crippen LogP contribution is 2.37. The van der Waals surface area contributed by atoms with Gasteiger partial charge in [-0.2, -0.15) is 0 Å². The number of rotatable bonds is 9. The zero-order valence-corrected chi connectivity index (χ0v) is 22.7. The molecule has 9 heteroatoms. The molecule has 1 heterocycles. The zero-order chi connectivity index (χ0) is 28.0. The molecule has 0 bridgehead atoms. The van der Waals surface area contributed by atoms with Crippen LogP contribution in [-0.4, -0.2) is 41.5 Å². The second kappa shape index (κ2) is 11.9. The van der Waals surface area contributed by atoms with Gasteiger partial charge in [0.05, 0.1) is 11.2 Å². The number of benzene rings is 3. The fourth-order valence-corrected chi connectivity index (χ4v) is 4.06. The van der Waals surface area contributed by atoms with Crippen molar-refractivity contribution in [2.24, 2.45) is 0 Å². The zero-order valence-electron chi connectivity index (χ0n) is 22.7. The van der Waals surface area contributed by atoms with E-state index in [2.05, 4.69) is 5.32 Å². The quantitative estimate of drug-likeness (QED) is 0.314. The number of ether oxygens (including phenoxy) is 2. The number of phenols is 1. The Morgan fingerprint density at radius 1 is 0.821 bits per heavy atom. The van der Waals surface area contributed by atoms with Crippen molar-refractivity contribution in [1.29, 1.82) is 0 Å². The smallest absolute Gasteiger partial charge is 0.498 e. The van der Waals surface area contributed by atoms with E-state index in [1.165, 1.54) is 6.07 Å². The maximum atomic E-state index is 13.1. The lowest BCUT2D eigenvalue weighted by atomic mass is 9.77. The van der Waals surface area contributed by atoms with Crippen LogP contribution in [0.15, 0.2) is 78.9 Å². The van der Waals surface area contributed by atoms with E-state index in [1.54, 1.807) is 12.1 Å². The van der Waals surface area contributed by atoms with Gasteiger partial charge in [-0.15, -0.1) is 0 Å². The highest BCUT2D eigenvalue weighted by atomic mass is 16.7. The normalized spacial score (nSPS) is 16.4. The van der Waals surface area contributed by atoms with Gasteiger partial charge in [0.15, 0.2) is 0 Å². The molecule has 8 nitrogen and oxygen atoms in total. The van der Waals surface area contributed by atoms with Gasteiger partial charge < -0.3 is 29.2 Å². The Morgan fingerprint density at radius 2 is 1.36 bits per heavy atom. The third-order valence-corrected chi connectivity index (χ3v) is 7.05. The second-order valence-electron chi connectivity index (χ2n) is 10.5. The highest BCUT2D eigenvalue weighted by Gasteiger charge is 2.52. The summed E-state index contributed by atoms with van der Waals surface area (Å²) in [4.78, 5) is 25.8. The van der Waals surface area contributed by atoms with E-state index in [4.69, 9.17) is 18.8 Å². The number of alkyl carbamates (subject to hydrolysis) is 1. The predicted molar refractivity (Wildman–Crippen MR) is 147 cm³/mol. The molecule has 39 heavy (non-hydrogen) atoms. The number of aromatic hydroxyl groups is 1. The summed E-state index contributed by atoms with van der Waals surface area (Å²) in [6, 6.07) is 22.4. The molecule has 1 saturated heterocycles. The molecule has 1 amide bonds. The minimum atomic E-state index is -1.03. The van der Waals surface area contributed by atoms with Gasteiger partial charge in [-0.1, -0.05) is 72.8 Å². The summed E-state index contributed by atoms with van der Waals surface area (Å²) < 4.78 is 23.1. The highest BCUT2D eigenvalue weighted by molar-refractivity contribution is 6.63. The van der Waals surface area contributed by atoms with Crippen molar-refractivity contribution in [3.05, 3.63) is 95.6 Å². The van der Waals surface area contributed by atoms with E-state index in [9.17, 15) is 14.7 Å². The lowest BCUT2D eigenvalue weighted by molar-refractivity contribution is -0.147. The Hall–Kier alpha value is -3.82. The Balaban J connectivity index is 1.49. The molecule has 4 rings (SSSR count). The van der Waals surface area contributed by atoms with E-state index < -0.39 is 36.4 Å². The Morgan fingerprint density at radius 3 is 1.92 bits per heavy atom. The molecule has 1 atom stereocenters. The summed E-state index contributed by atoms with van der Waals surface area (Å²) in [6.45, 7) is 7.83. The van der Waals surface area contributed by atoms with Gasteiger partial charge in [0.25, 0.3) is 0 Å². The number of esters is 1. The van der Waals surface area contributed by atoms with Crippen molar-refractivity contribution in [2.45, 2.75) is 64.6 Å². The van der Waals surface area contributed by atoms with Gasteiger partial charge in [-0.3, -0.25) is 0 Å². The average molecular weight is 531 g/mol. The fourth-order valence-electron chi connectivity index (χ4n) is 4.06. The molecule has 3 aromatic rings. The minimum absolute atomic E-state index is 0.00989. The van der Waals surface area contributed by atoms with Crippen LogP contribution < -0.4 is 10.8 Å². The van der Waals surface area contributed by atoms with Crippen LogP contribution in [0.25, 0.3) is 0 Å². The van der Waals surface area contributed by atoms with E-state index in [0.717, 1.165) is 11.1 Å². The number of amides is 1. The molecule has 0 saturated carbocycles. The molecule has 1 fully saturated rings. The first-order valence-corrected chi connectivity index (χ1v) is 12.9. The lowest BCUT2D eigenvalue weighted by Crippen LogP contribution is -2.44. The van der Waals surface area contributed by atoms with Crippen LogP contribution in [0.3, 0.4) is 0 Å². The number of phenolic OH excluding ortho intramolecular Hbond substituents is 1. The predicted octanol–water partition coefficient (Wildman–Crippen LogP) is 4.27. The van der Waals surface area contributed by atoms with E-state index in [-0.39, 0.29) is 25.4 Å². The topological polar surface area (TPSA) is 103 Å². The van der Waals surface area contributed by atoms with Crippen LogP contribution >= 0.6 is 0 Å². The van der Waals surface area contributed by atoms with E-state index in [1.807, 2.05) is 88.4 Å². The minimum Gasteiger partial charge on any atom is -0.508 e. The monoisotopic (exact) mass is 531 g/mol. The third-order valence-electron chi connectivity index (χ3n) is 7.05. The van der Waals surface area contributed by atoms with Crippen molar-refractivity contribution < 1.29 is 33.5 Å². The molecule has 1 aliphatic heterocycles. The van der Waals surface area contributed by atoms with Crippen LogP contribution in [0.5, 0.6) is 5.75 Å². The first-order chi connectivity index (χ1) is 18.5. The second-order valence-corrected chi connectivity index (χ2v) is 10.5. The molecule has 0 spiro atoms. The van der Waals surface area contributed by atoms with E-state index >= 15 is 0 Å². The van der Waals surface area contributed by atoms with Gasteiger partial charge >= 0.3 is 19.2 Å². The number of carbonyl (C=O) groups is 2. The van der Waals surface area contributed by atoms with Gasteiger partial charge in [-0.05, 0) is 50.5 Å². The van der Waals surface area contributed by atoms with E-state index in [0.29, 0.717) is 11.0 Å². The summed E-state index contributed by atoms with van der Waals surface area (Å²) in [5.41, 5.74) is 1.57. The standard InChI is InChI=1S/C30H34BNO7/c1-29(2)30(3,4)39-31(38-29)24-17-23(15-16-26(24)33)18-25(27(34)36-19-21-11-7-5-8-12-21)32-28(35)37-20-22-13-9-6-10-14-22/h5-17,25,33H,18-20H2,1-4H3,(H,32,35)/t25-/m0/s1. The molecule has 3 aromatic carbocycles. The summed E-state index contributed by atoms with van der Waals surface area (Å²) in [5.74, 6) is -0.601. The number of carbonyl (C=O) groups excluding carboxylic acids is 2. The number of nitrogens with one attached hydrogen (secondary N) is 1. The average Bonchev–Trinajstić information content (AvgIpc) is 3.14. The summed E-state index contributed by atoms with van der Waals surface area (Å²) >= 11 is 0. The molecule has 0 aliphatic carbocycles. The lowest BCUT2D eigenvalue weighted by Gasteiger charge is -2.32. The Labute approximate surface area is 229 Å². The van der Waals surface area contributed by atoms with Crippen molar-refractivity contribution in [3.8, 4) is 5.75 Å². The van der Waals surface area contributed by atoms with Crippen LogP contribution in [0.2, 0.25) is 0 Å². The van der Waals surface area contributed by atoms with Crippen LogP contribution in [0.4, 0.5) is 4.79 Å². The summed E-state index contributed by atoms with van der Waals surface area (Å²) in [6.07, 6.45) is -0.647. The largest absolute Gasteiger partial charge is 0.508 e. The van der Waals surface area contributed by atoms with Crippen LogP contribution in [0, 0.1) is 0 Å². The molecule has 2 N–H and O–H groups in total. The number of hydrogen-bond acceptors (Lipinski definition) is 7. The summed E-state index contributed by atoms with van der Waals surface area (Å²) in [7, 11) is -0.790. The molecular weight excluding hydrogens is 497 g/mol. The van der Waals surface area contributed by atoms with Gasteiger partial charge in [0.1, 0.15) is 25.0 Å². The Bertz CT molecular complexity index is 1260. The summed E-state index contributed by atoms with van der Waals surface area (Å²) in [5, 5.41) is 13.2. The maximum Gasteiger partial charge on any atom is 0.498 e. The molecule has 1 aliphatic rings. The molecule has 0 aromatic heterocycles. The third kappa shape index (κ3) is 7.19. The van der Waals surface area contributed by atoms with Crippen molar-refractivity contribution in [2.75, 3.05) is 0 Å². The molecule has 0 unspecified atom stereocenters. The van der Waals surface area contributed by atoms with Gasteiger partial charge in [0.2, 0.25) is 0 Å².